The molecule has 2 fully saturated rings. The molecule has 2 aliphatic heterocycles. The van der Waals surface area contributed by atoms with Gasteiger partial charge in [-0.3, -0.25) is 0 Å². The Balaban J connectivity index is 1.59. The van der Waals surface area contributed by atoms with Gasteiger partial charge in [-0.05, 0) is 13.8 Å². The Hall–Kier alpha value is -0.160. The van der Waals surface area contributed by atoms with Crippen molar-refractivity contribution >= 4 is 0 Å². The highest BCUT2D eigenvalue weighted by Gasteiger charge is 2.33. The van der Waals surface area contributed by atoms with E-state index in [1.54, 1.807) is 0 Å². The molecule has 2 aliphatic rings. The summed E-state index contributed by atoms with van der Waals surface area (Å²) in [6, 6.07) is 0. The molecule has 0 aromatic heterocycles. The molecule has 13 heavy (non-hydrogen) atoms. The van der Waals surface area contributed by atoms with Gasteiger partial charge in [0, 0.05) is 0 Å². The summed E-state index contributed by atoms with van der Waals surface area (Å²) in [5, 5.41) is 0. The van der Waals surface area contributed by atoms with Crippen LogP contribution < -0.4 is 0 Å². The van der Waals surface area contributed by atoms with Crippen molar-refractivity contribution < 1.29 is 18.9 Å². The van der Waals surface area contributed by atoms with Gasteiger partial charge in [0.15, 0.2) is 5.79 Å². The zero-order chi connectivity index (χ0) is 9.31. The molecule has 0 N–H and O–H groups in total. The van der Waals surface area contributed by atoms with Crippen LogP contribution in [0.15, 0.2) is 0 Å². The van der Waals surface area contributed by atoms with Crippen molar-refractivity contribution in [2.75, 3.05) is 26.4 Å². The highest BCUT2D eigenvalue weighted by Crippen LogP contribution is 2.22. The highest BCUT2D eigenvalue weighted by molar-refractivity contribution is 4.72. The molecule has 2 saturated heterocycles. The average Bonchev–Trinajstić information content (AvgIpc) is 2.78. The van der Waals surface area contributed by atoms with E-state index in [-0.39, 0.29) is 6.10 Å². The Bertz CT molecular complexity index is 176. The van der Waals surface area contributed by atoms with E-state index in [1.807, 2.05) is 13.8 Å². The summed E-state index contributed by atoms with van der Waals surface area (Å²) in [6.07, 6.45) is 0.407. The third-order valence-electron chi connectivity index (χ3n) is 2.08. The molecule has 4 heteroatoms. The van der Waals surface area contributed by atoms with E-state index in [0.717, 1.165) is 6.61 Å². The molecular weight excluding hydrogens is 172 g/mol. The second kappa shape index (κ2) is 3.53. The fraction of sp³-hybridized carbons (Fsp3) is 1.00. The van der Waals surface area contributed by atoms with Crippen molar-refractivity contribution in [3.05, 3.63) is 0 Å². The van der Waals surface area contributed by atoms with Crippen LogP contribution in [0.4, 0.5) is 0 Å². The summed E-state index contributed by atoms with van der Waals surface area (Å²) in [7, 11) is 0. The molecule has 2 heterocycles. The predicted octanol–water partition coefficient (Wildman–Crippen LogP) is 0.553. The number of hydrogen-bond donors (Lipinski definition) is 0. The van der Waals surface area contributed by atoms with Crippen molar-refractivity contribution in [2.24, 2.45) is 0 Å². The lowest BCUT2D eigenvalue weighted by Crippen LogP contribution is -2.24. The maximum atomic E-state index is 5.56. The van der Waals surface area contributed by atoms with E-state index in [1.165, 1.54) is 0 Å². The molecule has 0 radical (unpaired) electrons. The maximum Gasteiger partial charge on any atom is 0.163 e. The zero-order valence-electron chi connectivity index (χ0n) is 8.12. The summed E-state index contributed by atoms with van der Waals surface area (Å²) < 4.78 is 21.4. The number of epoxide rings is 1. The van der Waals surface area contributed by atoms with Crippen molar-refractivity contribution in [1.82, 2.24) is 0 Å². The van der Waals surface area contributed by atoms with Gasteiger partial charge in [0.1, 0.15) is 12.2 Å². The number of rotatable bonds is 4. The monoisotopic (exact) mass is 188 g/mol. The first-order valence-corrected chi connectivity index (χ1v) is 4.67. The first kappa shape index (κ1) is 9.40. The Morgan fingerprint density at radius 1 is 1.23 bits per heavy atom. The Morgan fingerprint density at radius 3 is 2.46 bits per heavy atom. The molecule has 0 amide bonds. The number of ether oxygens (including phenoxy) is 4. The fourth-order valence-corrected chi connectivity index (χ4v) is 1.34. The van der Waals surface area contributed by atoms with Crippen LogP contribution in [0.3, 0.4) is 0 Å². The van der Waals surface area contributed by atoms with Gasteiger partial charge in [0.25, 0.3) is 0 Å². The van der Waals surface area contributed by atoms with Gasteiger partial charge >= 0.3 is 0 Å². The summed E-state index contributed by atoms with van der Waals surface area (Å²) in [5.74, 6) is -0.440. The molecule has 0 aliphatic carbocycles. The normalized spacial score (nSPS) is 36.5. The Labute approximate surface area is 78.1 Å². The van der Waals surface area contributed by atoms with Crippen LogP contribution in [0.5, 0.6) is 0 Å². The van der Waals surface area contributed by atoms with E-state index < -0.39 is 5.79 Å². The minimum absolute atomic E-state index is 0.0775. The molecule has 0 aromatic carbocycles. The largest absolute Gasteiger partial charge is 0.376 e. The predicted molar refractivity (Wildman–Crippen MR) is 45.5 cm³/mol. The fourth-order valence-electron chi connectivity index (χ4n) is 1.34. The van der Waals surface area contributed by atoms with Crippen molar-refractivity contribution in [2.45, 2.75) is 31.8 Å². The average molecular weight is 188 g/mol. The van der Waals surface area contributed by atoms with Crippen molar-refractivity contribution in [3.8, 4) is 0 Å². The Kier molecular flexibility index (Phi) is 2.55. The lowest BCUT2D eigenvalue weighted by molar-refractivity contribution is -0.145. The number of hydrogen-bond acceptors (Lipinski definition) is 4. The molecule has 2 rings (SSSR count). The van der Waals surface area contributed by atoms with Gasteiger partial charge in [-0.25, -0.2) is 0 Å². The second-order valence-corrected chi connectivity index (χ2v) is 3.94. The zero-order valence-corrected chi connectivity index (χ0v) is 8.12. The highest BCUT2D eigenvalue weighted by atomic mass is 16.7. The van der Waals surface area contributed by atoms with Gasteiger partial charge in [-0.2, -0.15) is 0 Å². The van der Waals surface area contributed by atoms with E-state index in [2.05, 4.69) is 0 Å². The van der Waals surface area contributed by atoms with Gasteiger partial charge in [0.2, 0.25) is 0 Å². The molecule has 76 valence electrons. The quantitative estimate of drug-likeness (QED) is 0.604. The second-order valence-electron chi connectivity index (χ2n) is 3.94. The molecule has 0 spiro atoms. The van der Waals surface area contributed by atoms with Crippen LogP contribution in [0.25, 0.3) is 0 Å². The summed E-state index contributed by atoms with van der Waals surface area (Å²) in [6.45, 7) is 6.57. The molecule has 0 saturated carbocycles. The van der Waals surface area contributed by atoms with Crippen LogP contribution in [0.2, 0.25) is 0 Å². The van der Waals surface area contributed by atoms with Crippen LogP contribution in [0.1, 0.15) is 13.8 Å². The third-order valence-corrected chi connectivity index (χ3v) is 2.08. The van der Waals surface area contributed by atoms with Gasteiger partial charge in [-0.1, -0.05) is 0 Å². The summed E-state index contributed by atoms with van der Waals surface area (Å²) in [5.41, 5.74) is 0. The SMILES string of the molecule is CC1(C)OC[C@H](COCC2CO2)O1. The molecule has 0 aromatic rings. The van der Waals surface area contributed by atoms with Crippen LogP contribution in [0, 0.1) is 0 Å². The lowest BCUT2D eigenvalue weighted by Gasteiger charge is -2.16. The molecule has 0 bridgehead atoms. The summed E-state index contributed by atoms with van der Waals surface area (Å²) in [4.78, 5) is 0. The standard InChI is InChI=1S/C9H16O4/c1-9(2)12-6-8(13-9)4-10-3-7-5-11-7/h7-8H,3-6H2,1-2H3/t7?,8-/m0/s1. The van der Waals surface area contributed by atoms with Gasteiger partial charge in [-0.15, -0.1) is 0 Å². The van der Waals surface area contributed by atoms with Crippen LogP contribution >= 0.6 is 0 Å². The minimum Gasteiger partial charge on any atom is -0.376 e. The van der Waals surface area contributed by atoms with Crippen LogP contribution in [-0.2, 0) is 18.9 Å². The minimum atomic E-state index is -0.440. The Morgan fingerprint density at radius 2 is 1.92 bits per heavy atom. The van der Waals surface area contributed by atoms with E-state index >= 15 is 0 Å². The van der Waals surface area contributed by atoms with Gasteiger partial charge < -0.3 is 18.9 Å². The molecule has 2 atom stereocenters. The third kappa shape index (κ3) is 2.91. The summed E-state index contributed by atoms with van der Waals surface area (Å²) >= 11 is 0. The lowest BCUT2D eigenvalue weighted by atomic mass is 10.4. The first-order valence-electron chi connectivity index (χ1n) is 4.67. The topological polar surface area (TPSA) is 40.2 Å². The molecule has 1 unspecified atom stereocenters. The molecule has 4 nitrogen and oxygen atoms in total. The van der Waals surface area contributed by atoms with Gasteiger partial charge in [0.05, 0.1) is 26.4 Å². The van der Waals surface area contributed by atoms with E-state index in [4.69, 9.17) is 18.9 Å². The van der Waals surface area contributed by atoms with Crippen molar-refractivity contribution in [1.29, 1.82) is 0 Å². The van der Waals surface area contributed by atoms with Crippen LogP contribution in [-0.4, -0.2) is 44.4 Å². The maximum absolute atomic E-state index is 5.56. The smallest absolute Gasteiger partial charge is 0.163 e. The first-order chi connectivity index (χ1) is 6.16. The molecular formula is C9H16O4. The van der Waals surface area contributed by atoms with Crippen molar-refractivity contribution in [3.63, 3.8) is 0 Å². The van der Waals surface area contributed by atoms with E-state index in [0.29, 0.717) is 25.9 Å². The van der Waals surface area contributed by atoms with E-state index in [9.17, 15) is 0 Å².